The lowest BCUT2D eigenvalue weighted by atomic mass is 9.86. The number of amides is 1. The van der Waals surface area contributed by atoms with Gasteiger partial charge >= 0.3 is 0 Å². The van der Waals surface area contributed by atoms with Gasteiger partial charge in [0.15, 0.2) is 0 Å². The number of nitrogens with zero attached hydrogens (tertiary/aromatic N) is 6. The van der Waals surface area contributed by atoms with Crippen LogP contribution < -0.4 is 9.80 Å². The molecule has 1 atom stereocenters. The average molecular weight is 443 g/mol. The zero-order valence-electron chi connectivity index (χ0n) is 17.6. The Morgan fingerprint density at radius 1 is 1.28 bits per heavy atom. The number of pyridine rings is 1. The van der Waals surface area contributed by atoms with Crippen LogP contribution in [0.25, 0.3) is 22.4 Å². The van der Waals surface area contributed by atoms with Gasteiger partial charge in [0.1, 0.15) is 22.5 Å². The van der Waals surface area contributed by atoms with E-state index in [1.54, 1.807) is 15.8 Å². The fourth-order valence-corrected chi connectivity index (χ4v) is 4.95. The molecule has 32 heavy (non-hydrogen) atoms. The Balaban J connectivity index is 1.57. The molecule has 1 amide bonds. The number of nitrogens with one attached hydrogen (secondary N) is 1. The highest BCUT2D eigenvalue weighted by Gasteiger charge is 2.50. The zero-order valence-corrected chi connectivity index (χ0v) is 17.6. The van der Waals surface area contributed by atoms with E-state index in [9.17, 15) is 13.6 Å². The van der Waals surface area contributed by atoms with E-state index in [4.69, 9.17) is 14.8 Å². The minimum absolute atomic E-state index is 0.0921. The molecular formula is C21H23F2N7O2. The quantitative estimate of drug-likeness (QED) is 0.669. The van der Waals surface area contributed by atoms with E-state index in [1.807, 2.05) is 12.1 Å². The molecule has 1 N–H and O–H groups in total. The van der Waals surface area contributed by atoms with Crippen molar-refractivity contribution in [3.8, 4) is 11.4 Å². The van der Waals surface area contributed by atoms with Gasteiger partial charge in [-0.2, -0.15) is 10.2 Å². The molecule has 6 rings (SSSR count). The molecule has 1 aliphatic carbocycles. The molecule has 168 valence electrons. The van der Waals surface area contributed by atoms with Gasteiger partial charge in [-0.15, -0.1) is 0 Å². The maximum atomic E-state index is 13.8. The van der Waals surface area contributed by atoms with Crippen molar-refractivity contribution in [2.45, 2.75) is 50.7 Å². The molecule has 0 radical (unpaired) electrons. The van der Waals surface area contributed by atoms with Crippen molar-refractivity contribution >= 4 is 28.4 Å². The number of morpholine rings is 1. The molecule has 3 aliphatic rings. The Bertz CT molecular complexity index is 1180. The van der Waals surface area contributed by atoms with Crippen LogP contribution in [0.4, 0.5) is 20.3 Å². The van der Waals surface area contributed by atoms with E-state index in [-0.39, 0.29) is 31.2 Å². The van der Waals surface area contributed by atoms with E-state index in [2.05, 4.69) is 22.0 Å². The number of aryl methyl sites for hydroxylation is 1. The summed E-state index contributed by atoms with van der Waals surface area (Å²) in [6.07, 6.45) is 1.19. The van der Waals surface area contributed by atoms with Crippen LogP contribution in [-0.4, -0.2) is 68.6 Å². The van der Waals surface area contributed by atoms with Crippen LogP contribution in [0.3, 0.4) is 0 Å². The number of alkyl halides is 2. The van der Waals surface area contributed by atoms with Crippen LogP contribution in [0.5, 0.6) is 0 Å². The Morgan fingerprint density at radius 2 is 2.12 bits per heavy atom. The second-order valence-corrected chi connectivity index (χ2v) is 8.79. The number of carbonyl (C=O) groups excluding carboxylic acids is 1. The Kier molecular flexibility index (Phi) is 4.26. The topological polar surface area (TPSA) is 92.2 Å². The van der Waals surface area contributed by atoms with Crippen molar-refractivity contribution in [1.82, 2.24) is 25.0 Å². The molecule has 11 heteroatoms. The first-order chi connectivity index (χ1) is 15.4. The fourth-order valence-electron chi connectivity index (χ4n) is 4.95. The summed E-state index contributed by atoms with van der Waals surface area (Å²) in [5.41, 5.74) is 3.28. The van der Waals surface area contributed by atoms with Gasteiger partial charge in [-0.3, -0.25) is 14.6 Å². The average Bonchev–Trinajstić information content (AvgIpc) is 3.36. The molecule has 2 fully saturated rings. The van der Waals surface area contributed by atoms with Crippen LogP contribution >= 0.6 is 0 Å². The Morgan fingerprint density at radius 3 is 2.84 bits per heavy atom. The largest absolute Gasteiger partial charge is 0.377 e. The standard InChI is InChI=1S/C21H23F2N7O2/c1-12-11-32-7-6-28(12)16-8-15-20-19(25-16)18(14-2-4-24-26-14)27-29(20)5-3-17(31)30(15)13-9-21(22,23)10-13/h2,4,8,12-13H,3,5-7,9-11H2,1H3,(H,24,26)/t12-/m1/s1. The molecule has 2 aliphatic heterocycles. The second-order valence-electron chi connectivity index (χ2n) is 8.79. The number of hydrogen-bond acceptors (Lipinski definition) is 6. The van der Waals surface area contributed by atoms with Gasteiger partial charge in [0.2, 0.25) is 5.91 Å². The SMILES string of the molecule is C[C@@H]1COCCN1c1cc2c3c(n1)c(-c1ccn[nH]1)nn3CCC(=O)N2C1CC(F)(F)C1. The van der Waals surface area contributed by atoms with Crippen LogP contribution in [0, 0.1) is 0 Å². The summed E-state index contributed by atoms with van der Waals surface area (Å²) in [5, 5.41) is 11.7. The summed E-state index contributed by atoms with van der Waals surface area (Å²) >= 11 is 0. The summed E-state index contributed by atoms with van der Waals surface area (Å²) in [6.45, 7) is 4.22. The highest BCUT2D eigenvalue weighted by Crippen LogP contribution is 2.46. The predicted molar refractivity (Wildman–Crippen MR) is 113 cm³/mol. The minimum atomic E-state index is -2.73. The molecule has 0 aromatic carbocycles. The lowest BCUT2D eigenvalue weighted by Crippen LogP contribution is -2.53. The second kappa shape index (κ2) is 6.96. The lowest BCUT2D eigenvalue weighted by molar-refractivity contribution is -0.124. The third kappa shape index (κ3) is 2.98. The van der Waals surface area contributed by atoms with E-state index in [1.165, 1.54) is 0 Å². The van der Waals surface area contributed by atoms with Crippen molar-refractivity contribution in [1.29, 1.82) is 0 Å². The van der Waals surface area contributed by atoms with Gasteiger partial charge < -0.3 is 14.5 Å². The number of anilines is 2. The number of H-pyrrole nitrogens is 1. The van der Waals surface area contributed by atoms with Crippen LogP contribution in [-0.2, 0) is 16.1 Å². The molecule has 3 aromatic heterocycles. The highest BCUT2D eigenvalue weighted by molar-refractivity contribution is 6.06. The van der Waals surface area contributed by atoms with Crippen LogP contribution in [0.2, 0.25) is 0 Å². The third-order valence-electron chi connectivity index (χ3n) is 6.58. The molecule has 0 unspecified atom stereocenters. The lowest BCUT2D eigenvalue weighted by Gasteiger charge is -2.42. The maximum absolute atomic E-state index is 13.8. The first-order valence-corrected chi connectivity index (χ1v) is 10.9. The summed E-state index contributed by atoms with van der Waals surface area (Å²) in [6, 6.07) is 3.24. The van der Waals surface area contributed by atoms with Crippen molar-refractivity contribution < 1.29 is 18.3 Å². The number of carbonyl (C=O) groups is 1. The van der Waals surface area contributed by atoms with Gasteiger partial charge in [0, 0.05) is 44.1 Å². The molecule has 5 heterocycles. The summed E-state index contributed by atoms with van der Waals surface area (Å²) in [7, 11) is 0. The maximum Gasteiger partial charge on any atom is 0.252 e. The first kappa shape index (κ1) is 19.6. The highest BCUT2D eigenvalue weighted by atomic mass is 19.3. The molecule has 1 saturated heterocycles. The predicted octanol–water partition coefficient (Wildman–Crippen LogP) is 2.58. The fraction of sp³-hybridized carbons (Fsp3) is 0.524. The van der Waals surface area contributed by atoms with Crippen molar-refractivity contribution in [3.63, 3.8) is 0 Å². The van der Waals surface area contributed by atoms with E-state index in [0.29, 0.717) is 60.2 Å². The molecule has 0 spiro atoms. The molecule has 9 nitrogen and oxygen atoms in total. The molecular weight excluding hydrogens is 420 g/mol. The summed E-state index contributed by atoms with van der Waals surface area (Å²) in [4.78, 5) is 21.8. The number of hydrogen-bond donors (Lipinski definition) is 1. The molecule has 0 bridgehead atoms. The monoisotopic (exact) mass is 443 g/mol. The number of rotatable bonds is 3. The van der Waals surface area contributed by atoms with Crippen LogP contribution in [0.1, 0.15) is 26.2 Å². The van der Waals surface area contributed by atoms with Crippen molar-refractivity contribution in [3.05, 3.63) is 18.3 Å². The van der Waals surface area contributed by atoms with Crippen molar-refractivity contribution in [2.75, 3.05) is 29.6 Å². The number of halogens is 2. The van der Waals surface area contributed by atoms with Gasteiger partial charge in [-0.1, -0.05) is 0 Å². The van der Waals surface area contributed by atoms with Gasteiger partial charge in [-0.25, -0.2) is 13.8 Å². The molecule has 3 aromatic rings. The smallest absolute Gasteiger partial charge is 0.252 e. The van der Waals surface area contributed by atoms with E-state index in [0.717, 1.165) is 0 Å². The zero-order chi connectivity index (χ0) is 22.0. The number of aromatic nitrogens is 5. The third-order valence-corrected chi connectivity index (χ3v) is 6.58. The van der Waals surface area contributed by atoms with Gasteiger partial charge in [0.05, 0.1) is 37.2 Å². The summed E-state index contributed by atoms with van der Waals surface area (Å²) < 4.78 is 34.9. The Labute approximate surface area is 182 Å². The molecule has 1 saturated carbocycles. The first-order valence-electron chi connectivity index (χ1n) is 10.9. The van der Waals surface area contributed by atoms with Crippen LogP contribution in [0.15, 0.2) is 18.3 Å². The minimum Gasteiger partial charge on any atom is -0.377 e. The van der Waals surface area contributed by atoms with E-state index < -0.39 is 12.0 Å². The normalized spacial score (nSPS) is 23.5. The summed E-state index contributed by atoms with van der Waals surface area (Å²) in [5.74, 6) is -2.20. The van der Waals surface area contributed by atoms with E-state index >= 15 is 0 Å². The Hall–Kier alpha value is -3.08. The van der Waals surface area contributed by atoms with Gasteiger partial charge in [-0.05, 0) is 13.0 Å². The number of ether oxygens (including phenoxy) is 1. The van der Waals surface area contributed by atoms with Gasteiger partial charge in [0.25, 0.3) is 5.92 Å². The number of aromatic amines is 1. The van der Waals surface area contributed by atoms with Crippen molar-refractivity contribution in [2.24, 2.45) is 0 Å².